The minimum Gasteiger partial charge on any atom is -0.332 e. The third-order valence-electron chi connectivity index (χ3n) is 3.96. The summed E-state index contributed by atoms with van der Waals surface area (Å²) in [4.78, 5) is 41.2. The van der Waals surface area contributed by atoms with E-state index in [1.165, 1.54) is 0 Å². The molecule has 3 amide bonds. The molecule has 0 aromatic heterocycles. The average molecular weight is 288 g/mol. The Kier molecular flexibility index (Phi) is 3.60. The van der Waals surface area contributed by atoms with Gasteiger partial charge in [0, 0.05) is 6.04 Å². The zero-order chi connectivity index (χ0) is 14.8. The molecule has 2 unspecified atom stereocenters. The summed E-state index contributed by atoms with van der Waals surface area (Å²) in [6.45, 7) is 0. The summed E-state index contributed by atoms with van der Waals surface area (Å²) in [5, 5.41) is 3.32. The highest BCUT2D eigenvalue weighted by molar-refractivity contribution is 6.00. The first-order valence-corrected chi connectivity index (χ1v) is 7.08. The van der Waals surface area contributed by atoms with Crippen LogP contribution < -0.4 is 5.32 Å². The van der Waals surface area contributed by atoms with E-state index in [9.17, 15) is 14.4 Å². The Balaban J connectivity index is 1.74. The SMILES string of the molecule is O=C(ON1C(=O)NC2CCCCC2C1=O)c1ccccc1. The normalized spacial score (nSPS) is 25.0. The van der Waals surface area contributed by atoms with Crippen molar-refractivity contribution in [3.05, 3.63) is 35.9 Å². The highest BCUT2D eigenvalue weighted by atomic mass is 16.7. The van der Waals surface area contributed by atoms with Gasteiger partial charge in [0.05, 0.1) is 11.5 Å². The zero-order valence-electron chi connectivity index (χ0n) is 11.5. The minimum atomic E-state index is -0.714. The Labute approximate surface area is 122 Å². The molecule has 1 aromatic carbocycles. The van der Waals surface area contributed by atoms with Gasteiger partial charge in [-0.1, -0.05) is 36.1 Å². The number of amides is 3. The maximum atomic E-state index is 12.3. The number of fused-ring (bicyclic) bond motifs is 1. The Morgan fingerprint density at radius 3 is 2.62 bits per heavy atom. The Bertz CT molecular complexity index is 572. The number of rotatable bonds is 2. The average Bonchev–Trinajstić information content (AvgIpc) is 2.52. The molecule has 1 aliphatic heterocycles. The van der Waals surface area contributed by atoms with Gasteiger partial charge < -0.3 is 10.2 Å². The molecule has 110 valence electrons. The Morgan fingerprint density at radius 1 is 1.14 bits per heavy atom. The van der Waals surface area contributed by atoms with Crippen LogP contribution in [0.2, 0.25) is 0 Å². The van der Waals surface area contributed by atoms with Gasteiger partial charge in [0.1, 0.15) is 0 Å². The number of carbonyl (C=O) groups is 3. The molecule has 0 radical (unpaired) electrons. The highest BCUT2D eigenvalue weighted by Gasteiger charge is 2.44. The van der Waals surface area contributed by atoms with Crippen LogP contribution in [0.3, 0.4) is 0 Å². The van der Waals surface area contributed by atoms with Crippen molar-refractivity contribution < 1.29 is 19.2 Å². The third-order valence-corrected chi connectivity index (χ3v) is 3.96. The van der Waals surface area contributed by atoms with E-state index >= 15 is 0 Å². The minimum absolute atomic E-state index is 0.134. The lowest BCUT2D eigenvalue weighted by Crippen LogP contribution is -2.60. The van der Waals surface area contributed by atoms with Gasteiger partial charge in [0.15, 0.2) is 0 Å². The lowest BCUT2D eigenvalue weighted by atomic mass is 9.83. The van der Waals surface area contributed by atoms with Crippen molar-refractivity contribution in [2.24, 2.45) is 5.92 Å². The topological polar surface area (TPSA) is 75.7 Å². The van der Waals surface area contributed by atoms with Gasteiger partial charge in [0.25, 0.3) is 5.91 Å². The summed E-state index contributed by atoms with van der Waals surface area (Å²) in [5.74, 6) is -1.43. The van der Waals surface area contributed by atoms with Crippen LogP contribution in [0.1, 0.15) is 36.0 Å². The first kappa shape index (κ1) is 13.6. The first-order chi connectivity index (χ1) is 10.2. The van der Waals surface area contributed by atoms with Crippen LogP contribution in [0.15, 0.2) is 30.3 Å². The van der Waals surface area contributed by atoms with Gasteiger partial charge in [-0.2, -0.15) is 0 Å². The molecule has 6 heteroatoms. The molecule has 0 spiro atoms. The van der Waals surface area contributed by atoms with E-state index in [1.807, 2.05) is 0 Å². The molecule has 1 aromatic rings. The molecule has 1 saturated heterocycles. The van der Waals surface area contributed by atoms with Gasteiger partial charge in [-0.25, -0.2) is 9.59 Å². The van der Waals surface area contributed by atoms with Gasteiger partial charge >= 0.3 is 12.0 Å². The summed E-state index contributed by atoms with van der Waals surface area (Å²) in [5.41, 5.74) is 0.295. The van der Waals surface area contributed by atoms with E-state index in [4.69, 9.17) is 4.84 Å². The summed E-state index contributed by atoms with van der Waals surface area (Å²) in [6.07, 6.45) is 3.45. The van der Waals surface area contributed by atoms with E-state index in [0.717, 1.165) is 19.3 Å². The number of hydroxylamine groups is 2. The molecule has 0 bridgehead atoms. The summed E-state index contributed by atoms with van der Waals surface area (Å²) in [7, 11) is 0. The van der Waals surface area contributed by atoms with E-state index in [1.54, 1.807) is 30.3 Å². The molecule has 1 saturated carbocycles. The number of carbonyl (C=O) groups excluding carboxylic acids is 3. The Morgan fingerprint density at radius 2 is 1.86 bits per heavy atom. The van der Waals surface area contributed by atoms with Crippen molar-refractivity contribution in [1.82, 2.24) is 10.4 Å². The Hall–Kier alpha value is -2.37. The highest BCUT2D eigenvalue weighted by Crippen LogP contribution is 2.29. The van der Waals surface area contributed by atoms with Crippen molar-refractivity contribution in [3.63, 3.8) is 0 Å². The predicted molar refractivity (Wildman–Crippen MR) is 73.0 cm³/mol. The molecule has 2 aliphatic rings. The van der Waals surface area contributed by atoms with Crippen LogP contribution >= 0.6 is 0 Å². The van der Waals surface area contributed by atoms with Crippen LogP contribution in [-0.2, 0) is 9.63 Å². The number of urea groups is 1. The summed E-state index contributed by atoms with van der Waals surface area (Å²) < 4.78 is 0. The number of nitrogens with zero attached hydrogens (tertiary/aromatic N) is 1. The third kappa shape index (κ3) is 2.61. The number of imide groups is 1. The van der Waals surface area contributed by atoms with E-state index in [2.05, 4.69) is 5.32 Å². The standard InChI is InChI=1S/C15H16N2O4/c18-13-11-8-4-5-9-12(11)16-15(20)17(13)21-14(19)10-6-2-1-3-7-10/h1-3,6-7,11-12H,4-5,8-9H2,(H,16,20). The molecule has 1 heterocycles. The second kappa shape index (κ2) is 5.55. The van der Waals surface area contributed by atoms with E-state index in [-0.39, 0.29) is 12.0 Å². The maximum absolute atomic E-state index is 12.3. The number of nitrogens with one attached hydrogen (secondary N) is 1. The van der Waals surface area contributed by atoms with Crippen LogP contribution in [0.5, 0.6) is 0 Å². The van der Waals surface area contributed by atoms with Gasteiger partial charge in [-0.05, 0) is 25.0 Å². The molecule has 2 fully saturated rings. The summed E-state index contributed by atoms with van der Waals surface area (Å²) in [6, 6.07) is 7.48. The largest absolute Gasteiger partial charge is 0.363 e. The molecule has 6 nitrogen and oxygen atoms in total. The van der Waals surface area contributed by atoms with Crippen LogP contribution in [0.4, 0.5) is 4.79 Å². The van der Waals surface area contributed by atoms with Gasteiger partial charge in [-0.15, -0.1) is 0 Å². The predicted octanol–water partition coefficient (Wildman–Crippen LogP) is 1.87. The molecular weight excluding hydrogens is 272 g/mol. The fraction of sp³-hybridized carbons (Fsp3) is 0.400. The van der Waals surface area contributed by atoms with Crippen LogP contribution in [0, 0.1) is 5.92 Å². The molecule has 1 aliphatic carbocycles. The smallest absolute Gasteiger partial charge is 0.332 e. The first-order valence-electron chi connectivity index (χ1n) is 7.08. The van der Waals surface area contributed by atoms with Crippen LogP contribution in [0.25, 0.3) is 0 Å². The molecule has 21 heavy (non-hydrogen) atoms. The van der Waals surface area contributed by atoms with E-state index < -0.39 is 17.9 Å². The fourth-order valence-corrected chi connectivity index (χ4v) is 2.86. The van der Waals surface area contributed by atoms with Crippen molar-refractivity contribution in [2.45, 2.75) is 31.7 Å². The van der Waals surface area contributed by atoms with E-state index in [0.29, 0.717) is 17.0 Å². The number of hydrogen-bond acceptors (Lipinski definition) is 4. The maximum Gasteiger partial charge on any atom is 0.363 e. The molecule has 3 rings (SSSR count). The second-order valence-corrected chi connectivity index (χ2v) is 5.32. The lowest BCUT2D eigenvalue weighted by molar-refractivity contribution is -0.165. The van der Waals surface area contributed by atoms with Gasteiger partial charge in [0.2, 0.25) is 0 Å². The quantitative estimate of drug-likeness (QED) is 0.901. The molecule has 2 atom stereocenters. The second-order valence-electron chi connectivity index (χ2n) is 5.32. The zero-order valence-corrected chi connectivity index (χ0v) is 11.5. The van der Waals surface area contributed by atoms with Crippen molar-refractivity contribution in [2.75, 3.05) is 0 Å². The lowest BCUT2D eigenvalue weighted by Gasteiger charge is -2.38. The monoisotopic (exact) mass is 288 g/mol. The molecular formula is C15H16N2O4. The number of hydrogen-bond donors (Lipinski definition) is 1. The molecule has 1 N–H and O–H groups in total. The van der Waals surface area contributed by atoms with Crippen molar-refractivity contribution in [1.29, 1.82) is 0 Å². The van der Waals surface area contributed by atoms with Crippen molar-refractivity contribution >= 4 is 17.9 Å². The van der Waals surface area contributed by atoms with Crippen molar-refractivity contribution in [3.8, 4) is 0 Å². The summed E-state index contributed by atoms with van der Waals surface area (Å²) >= 11 is 0. The number of benzene rings is 1. The fourth-order valence-electron chi connectivity index (χ4n) is 2.86. The van der Waals surface area contributed by atoms with Crippen LogP contribution in [-0.4, -0.2) is 29.0 Å². The van der Waals surface area contributed by atoms with Gasteiger partial charge in [-0.3, -0.25) is 4.79 Å².